The maximum atomic E-state index is 11.9. The summed E-state index contributed by atoms with van der Waals surface area (Å²) in [6.45, 7) is 4.43. The van der Waals surface area contributed by atoms with Gasteiger partial charge in [-0.05, 0) is 43.2 Å². The molecule has 2 heterocycles. The number of piperidine rings is 1. The number of nitrogens with two attached hydrogens (primary N) is 1. The largest absolute Gasteiger partial charge is 0.355 e. The van der Waals surface area contributed by atoms with E-state index in [-0.39, 0.29) is 24.2 Å². The summed E-state index contributed by atoms with van der Waals surface area (Å²) >= 11 is 2.07. The molecule has 2 aliphatic rings. The molecule has 2 saturated heterocycles. The predicted octanol–water partition coefficient (Wildman–Crippen LogP) is 0.948. The van der Waals surface area contributed by atoms with E-state index in [9.17, 15) is 4.79 Å². The first-order chi connectivity index (χ1) is 8.79. The van der Waals surface area contributed by atoms with Gasteiger partial charge in [0.2, 0.25) is 5.91 Å². The molecule has 4 nitrogen and oxygen atoms in total. The lowest BCUT2D eigenvalue weighted by Gasteiger charge is -2.33. The van der Waals surface area contributed by atoms with Gasteiger partial charge in [-0.1, -0.05) is 0 Å². The van der Waals surface area contributed by atoms with E-state index in [0.717, 1.165) is 25.3 Å². The zero-order valence-corrected chi connectivity index (χ0v) is 13.1. The molecule has 0 radical (unpaired) electrons. The van der Waals surface area contributed by atoms with Gasteiger partial charge >= 0.3 is 0 Å². The number of likely N-dealkylation sites (tertiary alicyclic amines) is 1. The van der Waals surface area contributed by atoms with E-state index < -0.39 is 0 Å². The number of carbonyl (C=O) groups is 1. The summed E-state index contributed by atoms with van der Waals surface area (Å²) in [4.78, 5) is 14.4. The van der Waals surface area contributed by atoms with E-state index in [4.69, 9.17) is 5.73 Å². The minimum atomic E-state index is 0. The van der Waals surface area contributed by atoms with E-state index in [0.29, 0.717) is 13.1 Å². The van der Waals surface area contributed by atoms with E-state index in [1.54, 1.807) is 0 Å². The minimum absolute atomic E-state index is 0. The molecule has 112 valence electrons. The van der Waals surface area contributed by atoms with Gasteiger partial charge in [0.25, 0.3) is 0 Å². The van der Waals surface area contributed by atoms with Crippen molar-refractivity contribution in [2.75, 3.05) is 44.2 Å². The molecule has 0 aliphatic carbocycles. The Morgan fingerprint density at radius 2 is 2.26 bits per heavy atom. The van der Waals surface area contributed by atoms with Crippen molar-refractivity contribution in [1.82, 2.24) is 10.2 Å². The van der Waals surface area contributed by atoms with Gasteiger partial charge in [-0.25, -0.2) is 0 Å². The average molecular weight is 308 g/mol. The van der Waals surface area contributed by atoms with Crippen molar-refractivity contribution in [1.29, 1.82) is 0 Å². The second-order valence-electron chi connectivity index (χ2n) is 5.41. The number of halogens is 1. The Morgan fingerprint density at radius 1 is 1.42 bits per heavy atom. The predicted molar refractivity (Wildman–Crippen MR) is 83.9 cm³/mol. The highest BCUT2D eigenvalue weighted by Gasteiger charge is 2.27. The fourth-order valence-corrected chi connectivity index (χ4v) is 4.14. The number of rotatable bonds is 5. The van der Waals surface area contributed by atoms with Crippen molar-refractivity contribution in [3.63, 3.8) is 0 Å². The van der Waals surface area contributed by atoms with Gasteiger partial charge in [0.05, 0.1) is 5.92 Å². The molecule has 2 aliphatic heterocycles. The van der Waals surface area contributed by atoms with Crippen LogP contribution < -0.4 is 11.1 Å². The van der Waals surface area contributed by atoms with Gasteiger partial charge in [0.15, 0.2) is 0 Å². The monoisotopic (exact) mass is 307 g/mol. The molecule has 2 atom stereocenters. The molecule has 6 heteroatoms. The van der Waals surface area contributed by atoms with Crippen molar-refractivity contribution >= 4 is 30.1 Å². The minimum Gasteiger partial charge on any atom is -0.355 e. The van der Waals surface area contributed by atoms with Crippen LogP contribution in [0.15, 0.2) is 0 Å². The summed E-state index contributed by atoms with van der Waals surface area (Å²) in [5.74, 6) is 3.85. The Labute approximate surface area is 126 Å². The quantitative estimate of drug-likeness (QED) is 0.794. The second-order valence-corrected chi connectivity index (χ2v) is 6.56. The Morgan fingerprint density at radius 3 is 2.95 bits per heavy atom. The molecule has 2 rings (SSSR count). The summed E-state index contributed by atoms with van der Waals surface area (Å²) in [5.41, 5.74) is 5.42. The van der Waals surface area contributed by atoms with Crippen molar-refractivity contribution in [2.24, 2.45) is 17.6 Å². The number of carbonyl (C=O) groups excluding carboxylic acids is 1. The highest BCUT2D eigenvalue weighted by molar-refractivity contribution is 7.99. The van der Waals surface area contributed by atoms with Crippen LogP contribution in [0.3, 0.4) is 0 Å². The van der Waals surface area contributed by atoms with Gasteiger partial charge in [-0.2, -0.15) is 11.8 Å². The van der Waals surface area contributed by atoms with Crippen LogP contribution in [-0.4, -0.2) is 55.0 Å². The normalized spacial score (nSPS) is 27.8. The van der Waals surface area contributed by atoms with Crippen LogP contribution in [0, 0.1) is 11.8 Å². The van der Waals surface area contributed by atoms with Crippen LogP contribution in [-0.2, 0) is 4.79 Å². The number of amides is 1. The molecule has 0 aromatic heterocycles. The Hall–Kier alpha value is 0.0300. The van der Waals surface area contributed by atoms with Crippen LogP contribution in [0.25, 0.3) is 0 Å². The molecule has 3 N–H and O–H groups in total. The van der Waals surface area contributed by atoms with Gasteiger partial charge in [0, 0.05) is 26.2 Å². The van der Waals surface area contributed by atoms with Crippen LogP contribution in [0.2, 0.25) is 0 Å². The first kappa shape index (κ1) is 17.1. The lowest BCUT2D eigenvalue weighted by atomic mass is 9.96. The fourth-order valence-electron chi connectivity index (χ4n) is 2.87. The van der Waals surface area contributed by atoms with Crippen LogP contribution in [0.5, 0.6) is 0 Å². The molecule has 2 unspecified atom stereocenters. The van der Waals surface area contributed by atoms with Crippen molar-refractivity contribution in [2.45, 2.75) is 19.3 Å². The van der Waals surface area contributed by atoms with Crippen molar-refractivity contribution < 1.29 is 4.79 Å². The third-order valence-electron chi connectivity index (χ3n) is 3.86. The Bertz CT molecular complexity index is 275. The van der Waals surface area contributed by atoms with Gasteiger partial charge in [0.1, 0.15) is 0 Å². The Balaban J connectivity index is 0.00000180. The van der Waals surface area contributed by atoms with E-state index in [1.165, 1.54) is 31.0 Å². The summed E-state index contributed by atoms with van der Waals surface area (Å²) < 4.78 is 0. The molecule has 0 aromatic rings. The van der Waals surface area contributed by atoms with Crippen molar-refractivity contribution in [3.05, 3.63) is 0 Å². The molecule has 1 amide bonds. The number of nitrogens with zero attached hydrogens (tertiary/aromatic N) is 1. The van der Waals surface area contributed by atoms with E-state index in [1.807, 2.05) is 0 Å². The number of thioether (sulfide) groups is 1. The number of hydrogen-bond acceptors (Lipinski definition) is 4. The van der Waals surface area contributed by atoms with Gasteiger partial charge in [-0.15, -0.1) is 12.4 Å². The van der Waals surface area contributed by atoms with Crippen molar-refractivity contribution in [3.8, 4) is 0 Å². The van der Waals surface area contributed by atoms with Crippen LogP contribution in [0.1, 0.15) is 19.3 Å². The first-order valence-electron chi connectivity index (χ1n) is 7.07. The molecular formula is C13H26ClN3OS. The second kappa shape index (κ2) is 9.06. The lowest BCUT2D eigenvalue weighted by molar-refractivity contribution is -0.126. The molecule has 0 saturated carbocycles. The summed E-state index contributed by atoms with van der Waals surface area (Å²) in [6.07, 6.45) is 3.54. The van der Waals surface area contributed by atoms with Crippen LogP contribution in [0.4, 0.5) is 0 Å². The number of nitrogens with one attached hydrogen (secondary N) is 1. The molecular weight excluding hydrogens is 282 g/mol. The highest BCUT2D eigenvalue weighted by atomic mass is 35.5. The third kappa shape index (κ3) is 5.50. The summed E-state index contributed by atoms with van der Waals surface area (Å²) in [6, 6.07) is 0. The standard InChI is InChI=1S/C13H25N3OS.ClH/c14-4-5-15-13(17)12-2-1-6-16(9-12)8-11-3-7-18-10-11;/h11-12H,1-10,14H2,(H,15,17);1H. The molecule has 0 aromatic carbocycles. The first-order valence-corrected chi connectivity index (χ1v) is 8.23. The maximum Gasteiger partial charge on any atom is 0.224 e. The van der Waals surface area contributed by atoms with E-state index >= 15 is 0 Å². The Kier molecular flexibility index (Phi) is 8.14. The van der Waals surface area contributed by atoms with Crippen LogP contribution >= 0.6 is 24.2 Å². The molecule has 2 fully saturated rings. The zero-order chi connectivity index (χ0) is 12.8. The SMILES string of the molecule is Cl.NCCNC(=O)C1CCCN(CC2CCSC2)C1. The smallest absolute Gasteiger partial charge is 0.224 e. The van der Waals surface area contributed by atoms with Gasteiger partial charge in [-0.3, -0.25) is 4.79 Å². The fraction of sp³-hybridized carbons (Fsp3) is 0.923. The third-order valence-corrected chi connectivity index (χ3v) is 5.09. The van der Waals surface area contributed by atoms with Gasteiger partial charge < -0.3 is 16.0 Å². The van der Waals surface area contributed by atoms with E-state index in [2.05, 4.69) is 22.0 Å². The zero-order valence-electron chi connectivity index (χ0n) is 11.5. The number of hydrogen-bond donors (Lipinski definition) is 2. The summed E-state index contributed by atoms with van der Waals surface area (Å²) in [7, 11) is 0. The molecule has 0 spiro atoms. The lowest BCUT2D eigenvalue weighted by Crippen LogP contribution is -2.45. The molecule has 0 bridgehead atoms. The maximum absolute atomic E-state index is 11.9. The highest BCUT2D eigenvalue weighted by Crippen LogP contribution is 2.26. The average Bonchev–Trinajstić information content (AvgIpc) is 2.89. The topological polar surface area (TPSA) is 58.4 Å². The summed E-state index contributed by atoms with van der Waals surface area (Å²) in [5, 5.41) is 2.92. The molecule has 19 heavy (non-hydrogen) atoms.